The van der Waals surface area contributed by atoms with Crippen molar-refractivity contribution in [2.75, 3.05) is 53.4 Å². The van der Waals surface area contributed by atoms with Crippen LogP contribution in [-0.2, 0) is 0 Å². The quantitative estimate of drug-likeness (QED) is 0.703. The van der Waals surface area contributed by atoms with Crippen LogP contribution in [0.1, 0.15) is 40.5 Å². The Morgan fingerprint density at radius 3 is 1.70 bits per heavy atom. The zero-order valence-electron chi connectivity index (χ0n) is 14.6. The summed E-state index contributed by atoms with van der Waals surface area (Å²) in [6.07, 6.45) is 2.43. The van der Waals surface area contributed by atoms with E-state index in [9.17, 15) is 0 Å². The summed E-state index contributed by atoms with van der Waals surface area (Å²) in [5.41, 5.74) is 0.285. The van der Waals surface area contributed by atoms with Crippen LogP contribution >= 0.6 is 0 Å². The monoisotopic (exact) mass is 284 g/mol. The van der Waals surface area contributed by atoms with Crippen LogP contribution in [-0.4, -0.2) is 74.2 Å². The molecule has 1 aliphatic heterocycles. The van der Waals surface area contributed by atoms with Gasteiger partial charge in [0.1, 0.15) is 0 Å². The fourth-order valence-corrected chi connectivity index (χ4v) is 2.77. The summed E-state index contributed by atoms with van der Waals surface area (Å²) in [6.45, 7) is 16.2. The van der Waals surface area contributed by atoms with Crippen molar-refractivity contribution < 1.29 is 0 Å². The minimum Gasteiger partial charge on any atom is -0.317 e. The molecule has 0 spiro atoms. The molecule has 1 fully saturated rings. The highest BCUT2D eigenvalue weighted by Gasteiger charge is 2.42. The van der Waals surface area contributed by atoms with Gasteiger partial charge in [-0.3, -0.25) is 9.80 Å². The standard InChI is InChI=1S/C16H36N4/c1-15(2)16(3,4)20(6)14-12-18-10-7-9-17-11-8-13-19(15)5/h17-18H,7-14H2,1-6H3. The van der Waals surface area contributed by atoms with Gasteiger partial charge in [0, 0.05) is 24.2 Å². The predicted molar refractivity (Wildman–Crippen MR) is 88.4 cm³/mol. The smallest absolute Gasteiger partial charge is 0.0328 e. The number of nitrogens with one attached hydrogen (secondary N) is 2. The topological polar surface area (TPSA) is 30.5 Å². The summed E-state index contributed by atoms with van der Waals surface area (Å²) >= 11 is 0. The van der Waals surface area contributed by atoms with Crippen molar-refractivity contribution in [3.05, 3.63) is 0 Å². The molecule has 2 N–H and O–H groups in total. The molecule has 0 aromatic heterocycles. The summed E-state index contributed by atoms with van der Waals surface area (Å²) in [6, 6.07) is 0. The SMILES string of the molecule is CN1CCCNCCCNCCN(C)C(C)(C)C1(C)C. The Balaban J connectivity index is 2.74. The third-order valence-corrected chi connectivity index (χ3v) is 5.58. The van der Waals surface area contributed by atoms with Gasteiger partial charge in [0.05, 0.1) is 0 Å². The molecular weight excluding hydrogens is 248 g/mol. The van der Waals surface area contributed by atoms with E-state index in [-0.39, 0.29) is 11.1 Å². The van der Waals surface area contributed by atoms with Crippen molar-refractivity contribution in [3.63, 3.8) is 0 Å². The van der Waals surface area contributed by atoms with Gasteiger partial charge in [0.15, 0.2) is 0 Å². The Bertz CT molecular complexity index is 248. The summed E-state index contributed by atoms with van der Waals surface area (Å²) in [4.78, 5) is 5.02. The van der Waals surface area contributed by atoms with Gasteiger partial charge in [-0.25, -0.2) is 0 Å². The van der Waals surface area contributed by atoms with Gasteiger partial charge in [-0.2, -0.15) is 0 Å². The number of rotatable bonds is 0. The van der Waals surface area contributed by atoms with Crippen molar-refractivity contribution in [2.45, 2.75) is 51.6 Å². The van der Waals surface area contributed by atoms with Gasteiger partial charge in [0.2, 0.25) is 0 Å². The molecule has 0 aromatic rings. The normalized spacial score (nSPS) is 27.9. The van der Waals surface area contributed by atoms with E-state index in [1.165, 1.54) is 12.8 Å². The van der Waals surface area contributed by atoms with E-state index >= 15 is 0 Å². The first-order valence-corrected chi connectivity index (χ1v) is 8.14. The van der Waals surface area contributed by atoms with Gasteiger partial charge >= 0.3 is 0 Å². The Morgan fingerprint density at radius 2 is 1.10 bits per heavy atom. The molecule has 0 aromatic carbocycles. The lowest BCUT2D eigenvalue weighted by atomic mass is 9.79. The molecule has 0 unspecified atom stereocenters. The van der Waals surface area contributed by atoms with Crippen LogP contribution in [0.15, 0.2) is 0 Å². The molecule has 0 amide bonds. The highest BCUT2D eigenvalue weighted by Crippen LogP contribution is 2.31. The average molecular weight is 284 g/mol. The zero-order chi connectivity index (χ0) is 15.2. The molecule has 20 heavy (non-hydrogen) atoms. The first-order valence-electron chi connectivity index (χ1n) is 8.14. The summed E-state index contributed by atoms with van der Waals surface area (Å²) in [5.74, 6) is 0. The lowest BCUT2D eigenvalue weighted by Crippen LogP contribution is -2.64. The summed E-state index contributed by atoms with van der Waals surface area (Å²) in [7, 11) is 4.52. The molecule has 1 heterocycles. The molecule has 0 bridgehead atoms. The van der Waals surface area contributed by atoms with Crippen LogP contribution < -0.4 is 10.6 Å². The third kappa shape index (κ3) is 4.42. The number of hydrogen-bond donors (Lipinski definition) is 2. The molecule has 1 aliphatic rings. The summed E-state index contributed by atoms with van der Waals surface area (Å²) < 4.78 is 0. The highest BCUT2D eigenvalue weighted by atomic mass is 15.3. The molecule has 0 radical (unpaired) electrons. The van der Waals surface area contributed by atoms with Gasteiger partial charge in [-0.1, -0.05) is 0 Å². The molecular formula is C16H36N4. The van der Waals surface area contributed by atoms with Crippen LogP contribution in [0.5, 0.6) is 0 Å². The number of nitrogens with zero attached hydrogens (tertiary/aromatic N) is 2. The molecule has 0 saturated carbocycles. The molecule has 4 nitrogen and oxygen atoms in total. The molecule has 0 aliphatic carbocycles. The lowest BCUT2D eigenvalue weighted by molar-refractivity contribution is -0.0114. The van der Waals surface area contributed by atoms with Gasteiger partial charge in [0.25, 0.3) is 0 Å². The first-order chi connectivity index (χ1) is 9.30. The third-order valence-electron chi connectivity index (χ3n) is 5.58. The minimum atomic E-state index is 0.140. The number of hydrogen-bond acceptors (Lipinski definition) is 4. The Hall–Kier alpha value is -0.160. The van der Waals surface area contributed by atoms with Crippen LogP contribution in [0.4, 0.5) is 0 Å². The molecule has 120 valence electrons. The number of likely N-dealkylation sites (N-methyl/N-ethyl adjacent to an activating group) is 2. The van der Waals surface area contributed by atoms with Crippen LogP contribution in [0, 0.1) is 0 Å². The predicted octanol–water partition coefficient (Wildman–Crippen LogP) is 1.38. The van der Waals surface area contributed by atoms with Crippen molar-refractivity contribution in [2.24, 2.45) is 0 Å². The fraction of sp³-hybridized carbons (Fsp3) is 1.00. The maximum absolute atomic E-state index is 3.55. The van der Waals surface area contributed by atoms with Crippen LogP contribution in [0.3, 0.4) is 0 Å². The molecule has 1 saturated heterocycles. The lowest BCUT2D eigenvalue weighted by Gasteiger charge is -2.52. The van der Waals surface area contributed by atoms with Gasteiger partial charge in [-0.05, 0) is 80.8 Å². The molecule has 0 atom stereocenters. The largest absolute Gasteiger partial charge is 0.317 e. The van der Waals surface area contributed by atoms with E-state index in [1.54, 1.807) is 0 Å². The van der Waals surface area contributed by atoms with Gasteiger partial charge < -0.3 is 10.6 Å². The zero-order valence-corrected chi connectivity index (χ0v) is 14.6. The van der Waals surface area contributed by atoms with E-state index in [0.29, 0.717) is 0 Å². The van der Waals surface area contributed by atoms with Crippen LogP contribution in [0.2, 0.25) is 0 Å². The molecule has 1 rings (SSSR count). The van der Waals surface area contributed by atoms with E-state index in [4.69, 9.17) is 0 Å². The van der Waals surface area contributed by atoms with E-state index in [1.807, 2.05) is 0 Å². The van der Waals surface area contributed by atoms with Crippen LogP contribution in [0.25, 0.3) is 0 Å². The first kappa shape index (κ1) is 17.9. The second-order valence-corrected chi connectivity index (χ2v) is 7.17. The minimum absolute atomic E-state index is 0.140. The maximum Gasteiger partial charge on any atom is 0.0328 e. The van der Waals surface area contributed by atoms with E-state index < -0.39 is 0 Å². The molecule has 4 heteroatoms. The fourth-order valence-electron chi connectivity index (χ4n) is 2.77. The van der Waals surface area contributed by atoms with Crippen molar-refractivity contribution in [3.8, 4) is 0 Å². The van der Waals surface area contributed by atoms with E-state index in [0.717, 1.165) is 39.3 Å². The summed E-state index contributed by atoms with van der Waals surface area (Å²) in [5, 5.41) is 7.09. The Labute approximate surface area is 126 Å². The Morgan fingerprint density at radius 1 is 0.650 bits per heavy atom. The maximum atomic E-state index is 3.55. The average Bonchev–Trinajstić information content (AvgIpc) is 2.38. The van der Waals surface area contributed by atoms with Gasteiger partial charge in [-0.15, -0.1) is 0 Å². The van der Waals surface area contributed by atoms with Crippen molar-refractivity contribution in [1.82, 2.24) is 20.4 Å². The second kappa shape index (κ2) is 7.74. The highest BCUT2D eigenvalue weighted by molar-refractivity contribution is 5.01. The van der Waals surface area contributed by atoms with Crippen molar-refractivity contribution >= 4 is 0 Å². The van der Waals surface area contributed by atoms with Crippen molar-refractivity contribution in [1.29, 1.82) is 0 Å². The Kier molecular flexibility index (Phi) is 6.92. The second-order valence-electron chi connectivity index (χ2n) is 7.17. The van der Waals surface area contributed by atoms with E-state index in [2.05, 4.69) is 62.2 Å².